The first-order chi connectivity index (χ1) is 12.5. The molecule has 0 aliphatic rings. The molecule has 0 fully saturated rings. The van der Waals surface area contributed by atoms with Gasteiger partial charge in [-0.25, -0.2) is 10.4 Å². The molecule has 0 aliphatic heterocycles. The van der Waals surface area contributed by atoms with Gasteiger partial charge < -0.3 is 4.57 Å². The van der Waals surface area contributed by atoms with Crippen LogP contribution in [0.5, 0.6) is 0 Å². The summed E-state index contributed by atoms with van der Waals surface area (Å²) < 4.78 is 1.97. The number of hydrogen-bond acceptors (Lipinski definition) is 4. The summed E-state index contributed by atoms with van der Waals surface area (Å²) >= 11 is 13.3. The van der Waals surface area contributed by atoms with E-state index in [2.05, 4.69) is 15.5 Å². The van der Waals surface area contributed by atoms with Gasteiger partial charge in [0, 0.05) is 7.05 Å². The van der Waals surface area contributed by atoms with Crippen LogP contribution >= 0.6 is 35.0 Å². The highest BCUT2D eigenvalue weighted by Gasteiger charge is 2.10. The Hall–Kier alpha value is -2.02. The molecule has 0 radical (unpaired) electrons. The van der Waals surface area contributed by atoms with Gasteiger partial charge in [0.25, 0.3) is 5.91 Å². The zero-order valence-corrected chi connectivity index (χ0v) is 16.5. The van der Waals surface area contributed by atoms with Gasteiger partial charge in [-0.2, -0.15) is 5.10 Å². The lowest BCUT2D eigenvalue weighted by Crippen LogP contribution is -2.21. The molecule has 5 nitrogen and oxygen atoms in total. The molecule has 1 amide bonds. The molecule has 3 rings (SSSR count). The summed E-state index contributed by atoms with van der Waals surface area (Å²) in [5.74, 6) is 0.0106. The summed E-state index contributed by atoms with van der Waals surface area (Å²) in [6.07, 6.45) is 0. The predicted molar refractivity (Wildman–Crippen MR) is 108 cm³/mol. The maximum atomic E-state index is 12.1. The molecular formula is C18H16Cl2N4OS. The van der Waals surface area contributed by atoms with Crippen molar-refractivity contribution in [1.29, 1.82) is 0 Å². The number of hydrazone groups is 1. The van der Waals surface area contributed by atoms with Gasteiger partial charge in [-0.15, -0.1) is 0 Å². The molecule has 0 spiro atoms. The molecule has 8 heteroatoms. The number of rotatable bonds is 5. The van der Waals surface area contributed by atoms with Crippen LogP contribution in [-0.2, 0) is 11.8 Å². The zero-order chi connectivity index (χ0) is 18.7. The van der Waals surface area contributed by atoms with Crippen molar-refractivity contribution in [3.8, 4) is 0 Å². The van der Waals surface area contributed by atoms with Crippen molar-refractivity contribution in [2.75, 3.05) is 5.75 Å². The largest absolute Gasteiger partial charge is 0.322 e. The number of aromatic nitrogens is 2. The minimum Gasteiger partial charge on any atom is -0.322 e. The lowest BCUT2D eigenvalue weighted by atomic mass is 10.1. The normalized spacial score (nSPS) is 11.8. The minimum absolute atomic E-state index is 0.207. The number of imidazole rings is 1. The number of para-hydroxylation sites is 2. The second-order valence-electron chi connectivity index (χ2n) is 5.59. The van der Waals surface area contributed by atoms with E-state index in [1.807, 2.05) is 35.9 Å². The Kier molecular flexibility index (Phi) is 5.86. The highest BCUT2D eigenvalue weighted by molar-refractivity contribution is 7.99. The average Bonchev–Trinajstić information content (AvgIpc) is 2.96. The zero-order valence-electron chi connectivity index (χ0n) is 14.2. The average molecular weight is 407 g/mol. The Morgan fingerprint density at radius 3 is 2.73 bits per heavy atom. The Labute approximate surface area is 165 Å². The van der Waals surface area contributed by atoms with Crippen LogP contribution in [0.4, 0.5) is 0 Å². The number of carbonyl (C=O) groups excluding carboxylic acids is 1. The van der Waals surface area contributed by atoms with Crippen molar-refractivity contribution in [1.82, 2.24) is 15.0 Å². The fraction of sp³-hybridized carbons (Fsp3) is 0.167. The van der Waals surface area contributed by atoms with Crippen molar-refractivity contribution in [3.05, 3.63) is 58.1 Å². The molecule has 0 bridgehead atoms. The molecule has 1 N–H and O–H groups in total. The van der Waals surface area contributed by atoms with Crippen molar-refractivity contribution < 1.29 is 4.79 Å². The molecule has 1 aromatic heterocycles. The minimum atomic E-state index is -0.207. The number of amides is 1. The van der Waals surface area contributed by atoms with Crippen LogP contribution in [0.2, 0.25) is 10.0 Å². The number of fused-ring (bicyclic) bond motifs is 1. The predicted octanol–water partition coefficient (Wildman–Crippen LogP) is 4.51. The number of hydrogen-bond donors (Lipinski definition) is 1. The van der Waals surface area contributed by atoms with E-state index in [9.17, 15) is 4.79 Å². The summed E-state index contributed by atoms with van der Waals surface area (Å²) in [5, 5.41) is 5.83. The standard InChI is InChI=1S/C18H16Cl2N4OS/c1-11(12-7-8-13(19)14(20)9-12)22-23-17(25)10-26-18-21-15-5-3-4-6-16(15)24(18)2/h3-9H,10H2,1-2H3,(H,23,25)/b22-11-. The first-order valence-electron chi connectivity index (χ1n) is 7.78. The summed E-state index contributed by atoms with van der Waals surface area (Å²) in [4.78, 5) is 16.6. The van der Waals surface area contributed by atoms with E-state index in [1.165, 1.54) is 11.8 Å². The maximum absolute atomic E-state index is 12.1. The van der Waals surface area contributed by atoms with E-state index in [1.54, 1.807) is 25.1 Å². The smallest absolute Gasteiger partial charge is 0.250 e. The van der Waals surface area contributed by atoms with Gasteiger partial charge in [-0.05, 0) is 36.8 Å². The van der Waals surface area contributed by atoms with Crippen molar-refractivity contribution >= 4 is 57.6 Å². The molecule has 2 aromatic carbocycles. The molecule has 0 atom stereocenters. The van der Waals surface area contributed by atoms with Crippen LogP contribution in [0.25, 0.3) is 11.0 Å². The summed E-state index contributed by atoms with van der Waals surface area (Å²) in [7, 11) is 1.93. The van der Waals surface area contributed by atoms with Gasteiger partial charge in [-0.1, -0.05) is 53.2 Å². The lowest BCUT2D eigenvalue weighted by Gasteiger charge is -2.05. The van der Waals surface area contributed by atoms with Gasteiger partial charge in [0.15, 0.2) is 5.16 Å². The monoisotopic (exact) mass is 406 g/mol. The van der Waals surface area contributed by atoms with E-state index >= 15 is 0 Å². The molecule has 0 saturated heterocycles. The lowest BCUT2D eigenvalue weighted by molar-refractivity contribution is -0.118. The van der Waals surface area contributed by atoms with E-state index in [0.717, 1.165) is 21.8 Å². The highest BCUT2D eigenvalue weighted by Crippen LogP contribution is 2.23. The second-order valence-corrected chi connectivity index (χ2v) is 7.35. The van der Waals surface area contributed by atoms with Crippen LogP contribution in [0.3, 0.4) is 0 Å². The molecule has 134 valence electrons. The van der Waals surface area contributed by atoms with Crippen LogP contribution in [0.1, 0.15) is 12.5 Å². The maximum Gasteiger partial charge on any atom is 0.250 e. The van der Waals surface area contributed by atoms with Crippen molar-refractivity contribution in [2.24, 2.45) is 12.1 Å². The number of thioether (sulfide) groups is 1. The number of halogens is 2. The first-order valence-corrected chi connectivity index (χ1v) is 9.52. The van der Waals surface area contributed by atoms with Crippen LogP contribution in [0.15, 0.2) is 52.7 Å². The second kappa shape index (κ2) is 8.12. The third kappa shape index (κ3) is 4.20. The molecule has 26 heavy (non-hydrogen) atoms. The van der Waals surface area contributed by atoms with Gasteiger partial charge in [0.1, 0.15) is 0 Å². The Morgan fingerprint density at radius 1 is 1.23 bits per heavy atom. The summed E-state index contributed by atoms with van der Waals surface area (Å²) in [5.41, 5.74) is 5.93. The molecule has 0 unspecified atom stereocenters. The Bertz CT molecular complexity index is 1000. The van der Waals surface area contributed by atoms with Gasteiger partial charge in [-0.3, -0.25) is 4.79 Å². The number of nitrogens with one attached hydrogen (secondary N) is 1. The Morgan fingerprint density at radius 2 is 2.00 bits per heavy atom. The van der Waals surface area contributed by atoms with Crippen LogP contribution < -0.4 is 5.43 Å². The molecule has 1 heterocycles. The number of carbonyl (C=O) groups is 1. The van der Waals surface area contributed by atoms with Crippen molar-refractivity contribution in [2.45, 2.75) is 12.1 Å². The van der Waals surface area contributed by atoms with Crippen LogP contribution in [0, 0.1) is 0 Å². The topological polar surface area (TPSA) is 59.3 Å². The number of aryl methyl sites for hydroxylation is 1. The molecule has 0 saturated carbocycles. The first kappa shape index (κ1) is 18.8. The van der Waals surface area contributed by atoms with E-state index < -0.39 is 0 Å². The van der Waals surface area contributed by atoms with E-state index in [-0.39, 0.29) is 11.7 Å². The summed E-state index contributed by atoms with van der Waals surface area (Å²) in [6.45, 7) is 1.79. The SMILES string of the molecule is C/C(=N/NC(=O)CSc1nc2ccccc2n1C)c1ccc(Cl)c(Cl)c1. The third-order valence-corrected chi connectivity index (χ3v) is 5.53. The summed E-state index contributed by atoms with van der Waals surface area (Å²) in [6, 6.07) is 13.1. The highest BCUT2D eigenvalue weighted by atomic mass is 35.5. The van der Waals surface area contributed by atoms with Gasteiger partial charge >= 0.3 is 0 Å². The number of nitrogens with zero attached hydrogens (tertiary/aromatic N) is 3. The third-order valence-electron chi connectivity index (χ3n) is 3.76. The van der Waals surface area contributed by atoms with Crippen LogP contribution in [-0.4, -0.2) is 26.9 Å². The fourth-order valence-corrected chi connectivity index (χ4v) is 3.42. The van der Waals surface area contributed by atoms with Crippen molar-refractivity contribution in [3.63, 3.8) is 0 Å². The quantitative estimate of drug-likeness (QED) is 0.385. The van der Waals surface area contributed by atoms with E-state index in [0.29, 0.717) is 15.8 Å². The fourth-order valence-electron chi connectivity index (χ4n) is 2.35. The molecule has 3 aromatic rings. The molecule has 0 aliphatic carbocycles. The van der Waals surface area contributed by atoms with E-state index in [4.69, 9.17) is 23.2 Å². The molecular weight excluding hydrogens is 391 g/mol. The van der Waals surface area contributed by atoms with Gasteiger partial charge in [0.2, 0.25) is 0 Å². The number of benzene rings is 2. The Balaban J connectivity index is 1.61. The van der Waals surface area contributed by atoms with Gasteiger partial charge in [0.05, 0.1) is 32.5 Å².